The standard InChI is InChI=1S/C23H24N4O4/c1-29-19-10-6-9-18(22(19)30-2)23(28)27-15-13-26(14-16-27)20-11-12-21(25-24-20)31-17-7-4-3-5-8-17/h3-12H,13-16H2,1-2H3. The van der Waals surface area contributed by atoms with Gasteiger partial charge in [0.15, 0.2) is 17.3 Å². The Morgan fingerprint density at radius 1 is 0.839 bits per heavy atom. The number of hydrogen-bond donors (Lipinski definition) is 0. The highest BCUT2D eigenvalue weighted by atomic mass is 16.5. The lowest BCUT2D eigenvalue weighted by molar-refractivity contribution is 0.0742. The Labute approximate surface area is 181 Å². The predicted octanol–water partition coefficient (Wildman–Crippen LogP) is 3.25. The molecule has 160 valence electrons. The van der Waals surface area contributed by atoms with Crippen LogP contribution in [-0.2, 0) is 0 Å². The number of rotatable bonds is 6. The summed E-state index contributed by atoms with van der Waals surface area (Å²) in [5, 5.41) is 8.46. The van der Waals surface area contributed by atoms with Gasteiger partial charge < -0.3 is 24.0 Å². The molecule has 1 aromatic heterocycles. The largest absolute Gasteiger partial charge is 0.493 e. The molecule has 2 heterocycles. The number of piperazine rings is 1. The van der Waals surface area contributed by atoms with Crippen LogP contribution < -0.4 is 19.1 Å². The van der Waals surface area contributed by atoms with Crippen molar-refractivity contribution in [1.82, 2.24) is 15.1 Å². The lowest BCUT2D eigenvalue weighted by Crippen LogP contribution is -2.49. The van der Waals surface area contributed by atoms with Gasteiger partial charge in [0.1, 0.15) is 5.75 Å². The number of benzene rings is 2. The molecule has 1 amide bonds. The molecule has 0 atom stereocenters. The molecule has 2 aromatic carbocycles. The normalized spacial score (nSPS) is 13.6. The summed E-state index contributed by atoms with van der Waals surface area (Å²) in [6.45, 7) is 2.46. The molecule has 0 unspecified atom stereocenters. The average molecular weight is 420 g/mol. The zero-order valence-electron chi connectivity index (χ0n) is 17.5. The predicted molar refractivity (Wildman–Crippen MR) is 116 cm³/mol. The van der Waals surface area contributed by atoms with Gasteiger partial charge in [-0.2, -0.15) is 0 Å². The minimum absolute atomic E-state index is 0.0758. The van der Waals surface area contributed by atoms with E-state index in [2.05, 4.69) is 15.1 Å². The van der Waals surface area contributed by atoms with E-state index >= 15 is 0 Å². The van der Waals surface area contributed by atoms with E-state index < -0.39 is 0 Å². The Morgan fingerprint density at radius 3 is 2.26 bits per heavy atom. The number of ether oxygens (including phenoxy) is 3. The van der Waals surface area contributed by atoms with Gasteiger partial charge in [0.25, 0.3) is 5.91 Å². The quantitative estimate of drug-likeness (QED) is 0.606. The smallest absolute Gasteiger partial charge is 0.257 e. The van der Waals surface area contributed by atoms with E-state index in [0.29, 0.717) is 54.9 Å². The number of para-hydroxylation sites is 2. The van der Waals surface area contributed by atoms with Gasteiger partial charge in [-0.15, -0.1) is 10.2 Å². The topological polar surface area (TPSA) is 77.0 Å². The second-order valence-electron chi connectivity index (χ2n) is 6.97. The number of amides is 1. The minimum Gasteiger partial charge on any atom is -0.493 e. The summed E-state index contributed by atoms with van der Waals surface area (Å²) in [7, 11) is 3.10. The van der Waals surface area contributed by atoms with Gasteiger partial charge in [0.2, 0.25) is 5.88 Å². The number of carbonyl (C=O) groups excluding carboxylic acids is 1. The average Bonchev–Trinajstić information content (AvgIpc) is 2.84. The summed E-state index contributed by atoms with van der Waals surface area (Å²) in [5.74, 6) is 2.83. The third-order valence-electron chi connectivity index (χ3n) is 5.12. The van der Waals surface area contributed by atoms with Crippen molar-refractivity contribution in [3.8, 4) is 23.1 Å². The van der Waals surface area contributed by atoms with Crippen LogP contribution >= 0.6 is 0 Å². The van der Waals surface area contributed by atoms with Gasteiger partial charge >= 0.3 is 0 Å². The van der Waals surface area contributed by atoms with Crippen molar-refractivity contribution in [3.63, 3.8) is 0 Å². The second kappa shape index (κ2) is 9.34. The van der Waals surface area contributed by atoms with Gasteiger partial charge in [-0.25, -0.2) is 0 Å². The van der Waals surface area contributed by atoms with Crippen LogP contribution in [0.1, 0.15) is 10.4 Å². The molecule has 31 heavy (non-hydrogen) atoms. The molecule has 8 nitrogen and oxygen atoms in total. The van der Waals surface area contributed by atoms with Crippen molar-refractivity contribution < 1.29 is 19.0 Å². The monoisotopic (exact) mass is 420 g/mol. The third-order valence-corrected chi connectivity index (χ3v) is 5.12. The van der Waals surface area contributed by atoms with E-state index in [9.17, 15) is 4.79 Å². The zero-order valence-corrected chi connectivity index (χ0v) is 17.5. The molecule has 0 aliphatic carbocycles. The first kappa shape index (κ1) is 20.5. The summed E-state index contributed by atoms with van der Waals surface area (Å²) in [4.78, 5) is 17.0. The molecular formula is C23H24N4O4. The molecular weight excluding hydrogens is 396 g/mol. The Balaban J connectivity index is 1.38. The first-order chi connectivity index (χ1) is 15.2. The number of hydrogen-bond acceptors (Lipinski definition) is 7. The van der Waals surface area contributed by atoms with Crippen LogP contribution in [0.15, 0.2) is 60.7 Å². The summed E-state index contributed by atoms with van der Waals surface area (Å²) in [6.07, 6.45) is 0. The third kappa shape index (κ3) is 4.53. The molecule has 0 spiro atoms. The molecule has 1 fully saturated rings. The maximum Gasteiger partial charge on any atom is 0.257 e. The molecule has 3 aromatic rings. The fourth-order valence-electron chi connectivity index (χ4n) is 3.51. The Bertz CT molecular complexity index is 1020. The Kier molecular flexibility index (Phi) is 6.16. The second-order valence-corrected chi connectivity index (χ2v) is 6.97. The van der Waals surface area contributed by atoms with Crippen LogP contribution in [0.2, 0.25) is 0 Å². The van der Waals surface area contributed by atoms with E-state index in [0.717, 1.165) is 5.82 Å². The number of carbonyl (C=O) groups is 1. The molecule has 0 N–H and O–H groups in total. The van der Waals surface area contributed by atoms with Gasteiger partial charge in [-0.1, -0.05) is 24.3 Å². The van der Waals surface area contributed by atoms with Crippen molar-refractivity contribution in [2.45, 2.75) is 0 Å². The van der Waals surface area contributed by atoms with E-state index in [4.69, 9.17) is 14.2 Å². The van der Waals surface area contributed by atoms with Gasteiger partial charge in [-0.05, 0) is 30.3 Å². The van der Waals surface area contributed by atoms with Crippen LogP contribution in [0.25, 0.3) is 0 Å². The Morgan fingerprint density at radius 2 is 1.61 bits per heavy atom. The lowest BCUT2D eigenvalue weighted by atomic mass is 10.1. The SMILES string of the molecule is COc1cccc(C(=O)N2CCN(c3ccc(Oc4ccccc4)nn3)CC2)c1OC. The first-order valence-electron chi connectivity index (χ1n) is 10.0. The summed E-state index contributed by atoms with van der Waals surface area (Å²) >= 11 is 0. The van der Waals surface area contributed by atoms with E-state index in [1.165, 1.54) is 7.11 Å². The molecule has 0 radical (unpaired) electrons. The molecule has 1 aliphatic heterocycles. The van der Waals surface area contributed by atoms with Gasteiger partial charge in [0.05, 0.1) is 19.8 Å². The van der Waals surface area contributed by atoms with Crippen molar-refractivity contribution in [1.29, 1.82) is 0 Å². The molecule has 0 bridgehead atoms. The number of nitrogens with zero attached hydrogens (tertiary/aromatic N) is 4. The number of anilines is 1. The van der Waals surface area contributed by atoms with Crippen molar-refractivity contribution in [2.75, 3.05) is 45.3 Å². The van der Waals surface area contributed by atoms with E-state index in [1.807, 2.05) is 41.3 Å². The maximum absolute atomic E-state index is 13.0. The van der Waals surface area contributed by atoms with Gasteiger partial charge in [-0.3, -0.25) is 4.79 Å². The number of methoxy groups -OCH3 is 2. The fourth-order valence-corrected chi connectivity index (χ4v) is 3.51. The highest BCUT2D eigenvalue weighted by molar-refractivity contribution is 5.98. The van der Waals surface area contributed by atoms with Crippen LogP contribution in [0, 0.1) is 0 Å². The summed E-state index contributed by atoms with van der Waals surface area (Å²) in [5.41, 5.74) is 0.498. The zero-order chi connectivity index (χ0) is 21.6. The molecule has 1 saturated heterocycles. The van der Waals surface area contributed by atoms with E-state index in [-0.39, 0.29) is 5.91 Å². The molecule has 0 saturated carbocycles. The summed E-state index contributed by atoms with van der Waals surface area (Å²) < 4.78 is 16.4. The molecule has 1 aliphatic rings. The molecule has 4 rings (SSSR count). The lowest BCUT2D eigenvalue weighted by Gasteiger charge is -2.35. The van der Waals surface area contributed by atoms with Crippen LogP contribution in [-0.4, -0.2) is 61.4 Å². The van der Waals surface area contributed by atoms with E-state index in [1.54, 1.807) is 31.4 Å². The maximum atomic E-state index is 13.0. The summed E-state index contributed by atoms with van der Waals surface area (Å²) in [6, 6.07) is 18.5. The molecule has 8 heteroatoms. The number of aromatic nitrogens is 2. The minimum atomic E-state index is -0.0758. The van der Waals surface area contributed by atoms with Crippen LogP contribution in [0.3, 0.4) is 0 Å². The first-order valence-corrected chi connectivity index (χ1v) is 10.0. The van der Waals surface area contributed by atoms with Crippen molar-refractivity contribution in [3.05, 3.63) is 66.2 Å². The highest BCUT2D eigenvalue weighted by Crippen LogP contribution is 2.31. The van der Waals surface area contributed by atoms with Crippen molar-refractivity contribution in [2.24, 2.45) is 0 Å². The van der Waals surface area contributed by atoms with Gasteiger partial charge in [0, 0.05) is 32.2 Å². The Hall–Kier alpha value is -3.81. The fraction of sp³-hybridized carbons (Fsp3) is 0.261. The van der Waals surface area contributed by atoms with Crippen LogP contribution in [0.4, 0.5) is 5.82 Å². The van der Waals surface area contributed by atoms with Crippen molar-refractivity contribution >= 4 is 11.7 Å². The van der Waals surface area contributed by atoms with Crippen LogP contribution in [0.5, 0.6) is 23.1 Å². The highest BCUT2D eigenvalue weighted by Gasteiger charge is 2.26.